The van der Waals surface area contributed by atoms with Crippen LogP contribution in [0.4, 0.5) is 11.4 Å². The van der Waals surface area contributed by atoms with Gasteiger partial charge in [-0.25, -0.2) is 0 Å². The van der Waals surface area contributed by atoms with Gasteiger partial charge in [0.05, 0.1) is 22.8 Å². The SMILES string of the molecule is CC.CC.c1ccc2c(c1)C/C(=N\Nc1ccc3ccccc3c1)c1ccccc1/C(=N/Nc1ccc3ccccc3c1)C2. The molecule has 2 N–H and O–H groups in total. The minimum atomic E-state index is 0.735. The molecule has 0 unspecified atom stereocenters. The van der Waals surface area contributed by atoms with Gasteiger partial charge >= 0.3 is 0 Å². The number of anilines is 2. The summed E-state index contributed by atoms with van der Waals surface area (Å²) in [6, 6.07) is 46.5. The highest BCUT2D eigenvalue weighted by molar-refractivity contribution is 6.15. The van der Waals surface area contributed by atoms with Crippen LogP contribution in [0, 0.1) is 0 Å². The molecule has 0 aliphatic heterocycles. The summed E-state index contributed by atoms with van der Waals surface area (Å²) in [5, 5.41) is 14.8. The maximum Gasteiger partial charge on any atom is 0.0729 e. The molecule has 4 nitrogen and oxygen atoms in total. The number of nitrogens with one attached hydrogen (secondary N) is 2. The Labute approximate surface area is 261 Å². The molecule has 6 aromatic rings. The van der Waals surface area contributed by atoms with Gasteiger partial charge in [0, 0.05) is 24.0 Å². The largest absolute Gasteiger partial charge is 0.278 e. The van der Waals surface area contributed by atoms with Crippen LogP contribution in [-0.2, 0) is 12.8 Å². The van der Waals surface area contributed by atoms with Gasteiger partial charge in [0.15, 0.2) is 0 Å². The molecule has 4 heteroatoms. The Balaban J connectivity index is 0.000000924. The zero-order valence-corrected chi connectivity index (χ0v) is 26.0. The molecule has 1 aliphatic rings. The van der Waals surface area contributed by atoms with Crippen LogP contribution in [0.5, 0.6) is 0 Å². The second kappa shape index (κ2) is 14.8. The van der Waals surface area contributed by atoms with Crippen molar-refractivity contribution < 1.29 is 0 Å². The Kier molecular flexibility index (Phi) is 10.2. The summed E-state index contributed by atoms with van der Waals surface area (Å²) in [5.74, 6) is 0. The third kappa shape index (κ3) is 6.87. The lowest BCUT2D eigenvalue weighted by atomic mass is 9.87. The van der Waals surface area contributed by atoms with Crippen molar-refractivity contribution in [1.29, 1.82) is 0 Å². The number of hydrogen-bond donors (Lipinski definition) is 2. The zero-order chi connectivity index (χ0) is 30.7. The van der Waals surface area contributed by atoms with E-state index in [-0.39, 0.29) is 0 Å². The van der Waals surface area contributed by atoms with Crippen LogP contribution < -0.4 is 10.9 Å². The first-order valence-corrected chi connectivity index (χ1v) is 15.6. The van der Waals surface area contributed by atoms with Crippen molar-refractivity contribution in [2.24, 2.45) is 10.2 Å². The van der Waals surface area contributed by atoms with E-state index in [1.165, 1.54) is 32.7 Å². The molecule has 0 heterocycles. The highest BCUT2D eigenvalue weighted by atomic mass is 15.3. The average molecular weight is 577 g/mol. The topological polar surface area (TPSA) is 48.8 Å². The molecule has 1 aliphatic carbocycles. The maximum atomic E-state index is 4.98. The van der Waals surface area contributed by atoms with E-state index < -0.39 is 0 Å². The van der Waals surface area contributed by atoms with Crippen molar-refractivity contribution in [2.75, 3.05) is 10.9 Å². The van der Waals surface area contributed by atoms with E-state index >= 15 is 0 Å². The summed E-state index contributed by atoms with van der Waals surface area (Å²) < 4.78 is 0. The average Bonchev–Trinajstić information content (AvgIpc) is 3.10. The van der Waals surface area contributed by atoms with Gasteiger partial charge in [0.25, 0.3) is 0 Å². The van der Waals surface area contributed by atoms with Crippen LogP contribution in [0.25, 0.3) is 21.5 Å². The summed E-state index contributed by atoms with van der Waals surface area (Å²) in [7, 11) is 0. The summed E-state index contributed by atoms with van der Waals surface area (Å²) >= 11 is 0. The smallest absolute Gasteiger partial charge is 0.0729 e. The van der Waals surface area contributed by atoms with E-state index in [2.05, 4.69) is 144 Å². The normalized spacial score (nSPS) is 13.8. The lowest BCUT2D eigenvalue weighted by Crippen LogP contribution is -2.21. The van der Waals surface area contributed by atoms with E-state index in [1.807, 2.05) is 27.7 Å². The highest BCUT2D eigenvalue weighted by Crippen LogP contribution is 2.25. The first-order chi connectivity index (χ1) is 21.8. The number of hydrazone groups is 2. The van der Waals surface area contributed by atoms with Crippen molar-refractivity contribution in [2.45, 2.75) is 40.5 Å². The molecule has 44 heavy (non-hydrogen) atoms. The lowest BCUT2D eigenvalue weighted by molar-refractivity contribution is 1.15. The third-order valence-corrected chi connectivity index (χ3v) is 7.52. The fourth-order valence-electron chi connectivity index (χ4n) is 5.42. The molecule has 0 saturated carbocycles. The van der Waals surface area contributed by atoms with Crippen molar-refractivity contribution in [3.63, 3.8) is 0 Å². The predicted octanol–water partition coefficient (Wildman–Crippen LogP) is 10.5. The van der Waals surface area contributed by atoms with E-state index in [9.17, 15) is 0 Å². The predicted molar refractivity (Wildman–Crippen MR) is 191 cm³/mol. The molecule has 220 valence electrons. The van der Waals surface area contributed by atoms with Crippen molar-refractivity contribution in [3.05, 3.63) is 156 Å². The second-order valence-corrected chi connectivity index (χ2v) is 10.1. The van der Waals surface area contributed by atoms with Crippen molar-refractivity contribution >= 4 is 44.3 Å². The molecule has 7 rings (SSSR count). The van der Waals surface area contributed by atoms with Crippen LogP contribution >= 0.6 is 0 Å². The van der Waals surface area contributed by atoms with Gasteiger partial charge in [0.1, 0.15) is 0 Å². The summed E-state index contributed by atoms with van der Waals surface area (Å²) in [6.45, 7) is 8.00. The van der Waals surface area contributed by atoms with Gasteiger partial charge in [-0.05, 0) is 56.9 Å². The first kappa shape index (κ1) is 30.2. The van der Waals surface area contributed by atoms with Crippen LogP contribution in [-0.4, -0.2) is 11.4 Å². The molecule has 0 fully saturated rings. The molecule has 0 spiro atoms. The van der Waals surface area contributed by atoms with Gasteiger partial charge in [-0.15, -0.1) is 0 Å². The maximum absolute atomic E-state index is 4.98. The molecule has 0 bridgehead atoms. The van der Waals surface area contributed by atoms with Crippen LogP contribution in [0.2, 0.25) is 0 Å². The molecular formula is C40H40N4. The zero-order valence-electron chi connectivity index (χ0n) is 26.0. The van der Waals surface area contributed by atoms with Gasteiger partial charge in [0.2, 0.25) is 0 Å². The van der Waals surface area contributed by atoms with Gasteiger partial charge in [-0.1, -0.05) is 137 Å². The monoisotopic (exact) mass is 576 g/mol. The molecule has 0 radical (unpaired) electrons. The van der Waals surface area contributed by atoms with E-state index in [1.54, 1.807) is 0 Å². The quantitative estimate of drug-likeness (QED) is 0.205. The van der Waals surface area contributed by atoms with Crippen LogP contribution in [0.1, 0.15) is 49.9 Å². The highest BCUT2D eigenvalue weighted by Gasteiger charge is 2.21. The molecule has 0 aromatic heterocycles. The number of nitrogens with zero attached hydrogens (tertiary/aromatic N) is 2. The fraction of sp³-hybridized carbons (Fsp3) is 0.150. The van der Waals surface area contributed by atoms with Crippen molar-refractivity contribution in [3.8, 4) is 0 Å². The Hall–Kier alpha value is -5.22. The molecule has 0 saturated heterocycles. The molecule has 6 aromatic carbocycles. The first-order valence-electron chi connectivity index (χ1n) is 15.6. The number of benzene rings is 6. The van der Waals surface area contributed by atoms with Gasteiger partial charge < -0.3 is 0 Å². The summed E-state index contributed by atoms with van der Waals surface area (Å²) in [6.07, 6.45) is 1.47. The third-order valence-electron chi connectivity index (χ3n) is 7.52. The number of rotatable bonds is 4. The minimum Gasteiger partial charge on any atom is -0.278 e. The fourth-order valence-corrected chi connectivity index (χ4v) is 5.42. The van der Waals surface area contributed by atoms with Crippen LogP contribution in [0.3, 0.4) is 0 Å². The summed E-state index contributed by atoms with van der Waals surface area (Å²) in [5.41, 5.74) is 15.3. The van der Waals surface area contributed by atoms with E-state index in [0.29, 0.717) is 0 Å². The molecule has 0 atom stereocenters. The molecule has 0 amide bonds. The summed E-state index contributed by atoms with van der Waals surface area (Å²) in [4.78, 5) is 0. The second-order valence-electron chi connectivity index (χ2n) is 10.1. The Morgan fingerprint density at radius 2 is 0.773 bits per heavy atom. The Bertz CT molecular complexity index is 1780. The lowest BCUT2D eigenvalue weighted by Gasteiger charge is -2.20. The number of hydrogen-bond acceptors (Lipinski definition) is 4. The van der Waals surface area contributed by atoms with E-state index in [0.717, 1.165) is 46.8 Å². The van der Waals surface area contributed by atoms with Crippen LogP contribution in [0.15, 0.2) is 144 Å². The minimum absolute atomic E-state index is 0.735. The van der Waals surface area contributed by atoms with E-state index in [4.69, 9.17) is 10.2 Å². The van der Waals surface area contributed by atoms with Crippen molar-refractivity contribution in [1.82, 2.24) is 0 Å². The standard InChI is InChI=1S/C36H28N4.2C2H6/c1-3-11-27-21-31(19-17-25(27)9-1)37-39-35-23-29-13-5-6-14-30(29)24-36(34-16-8-7-15-33(34)35)40-38-32-20-18-26-10-2-4-12-28(26)22-32;2*1-2/h1-22,37-38H,23-24H2;2*1-2H3/b39-35+,40-36+;;. The molecular weight excluding hydrogens is 536 g/mol. The van der Waals surface area contributed by atoms with Gasteiger partial charge in [-0.2, -0.15) is 10.2 Å². The Morgan fingerprint density at radius 3 is 1.20 bits per heavy atom. The Morgan fingerprint density at radius 1 is 0.409 bits per heavy atom. The number of fused-ring (bicyclic) bond motifs is 4. The van der Waals surface area contributed by atoms with Gasteiger partial charge in [-0.3, -0.25) is 10.9 Å².